The number of likely N-dealkylation sites (tertiary alicyclic amines) is 1. The monoisotopic (exact) mass is 722 g/mol. The van der Waals surface area contributed by atoms with E-state index in [2.05, 4.69) is 128 Å². The Bertz CT molecular complexity index is 1520. The van der Waals surface area contributed by atoms with Crippen molar-refractivity contribution in [3.05, 3.63) is 57.6 Å². The van der Waals surface area contributed by atoms with E-state index in [0.29, 0.717) is 24.5 Å². The van der Waals surface area contributed by atoms with E-state index in [0.717, 1.165) is 46.2 Å². The summed E-state index contributed by atoms with van der Waals surface area (Å²) in [5.41, 5.74) is 3.77. The molecule has 3 N–H and O–H groups in total. The van der Waals surface area contributed by atoms with E-state index in [1.807, 2.05) is 12.1 Å². The van der Waals surface area contributed by atoms with Gasteiger partial charge in [-0.25, -0.2) is 0 Å². The molecule has 7 nitrogen and oxygen atoms in total. The van der Waals surface area contributed by atoms with Gasteiger partial charge in [0.05, 0.1) is 6.42 Å². The lowest BCUT2D eigenvalue weighted by Gasteiger charge is -2.56. The lowest BCUT2D eigenvalue weighted by atomic mass is 9.66. The molecule has 1 aliphatic rings. The van der Waals surface area contributed by atoms with Crippen LogP contribution in [0.25, 0.3) is 0 Å². The van der Waals surface area contributed by atoms with Gasteiger partial charge in [0, 0.05) is 24.0 Å². The average Bonchev–Trinajstić information content (AvgIpc) is 2.93. The van der Waals surface area contributed by atoms with Crippen LogP contribution in [-0.2, 0) is 42.4 Å². The molecule has 0 amide bonds. The summed E-state index contributed by atoms with van der Waals surface area (Å²) >= 11 is 0. The van der Waals surface area contributed by atoms with Crippen LogP contribution in [0.4, 0.5) is 0 Å². The largest absolute Gasteiger partial charge is 0.507 e. The molecular weight excluding hydrogens is 650 g/mol. The second kappa shape index (κ2) is 15.0. The number of aliphatic carboxylic acids is 1. The van der Waals surface area contributed by atoms with Crippen LogP contribution in [0.5, 0.6) is 11.5 Å². The number of carbonyl (C=O) groups is 2. The van der Waals surface area contributed by atoms with E-state index in [-0.39, 0.29) is 70.0 Å². The molecule has 1 atom stereocenters. The number of phenols is 2. The third-order valence-corrected chi connectivity index (χ3v) is 11.1. The Morgan fingerprint density at radius 1 is 0.731 bits per heavy atom. The van der Waals surface area contributed by atoms with Gasteiger partial charge in [-0.15, -0.1) is 0 Å². The number of ether oxygens (including phenoxy) is 1. The molecule has 52 heavy (non-hydrogen) atoms. The van der Waals surface area contributed by atoms with Gasteiger partial charge in [0.1, 0.15) is 18.1 Å². The molecule has 0 aromatic heterocycles. The summed E-state index contributed by atoms with van der Waals surface area (Å²) in [6.07, 6.45) is 2.37. The molecule has 0 saturated carbocycles. The lowest BCUT2D eigenvalue weighted by molar-refractivity contribution is -0.146. The number of phenolic OH excluding ortho intramolecular Hbond substituents is 2. The van der Waals surface area contributed by atoms with Crippen LogP contribution in [0.3, 0.4) is 0 Å². The molecular formula is C45H71NO6. The second-order valence-electron chi connectivity index (χ2n) is 20.9. The Labute approximate surface area is 315 Å². The summed E-state index contributed by atoms with van der Waals surface area (Å²) in [6.45, 7) is 34.7. The average molecular weight is 722 g/mol. The Balaban J connectivity index is 1.80. The van der Waals surface area contributed by atoms with Crippen molar-refractivity contribution in [3.8, 4) is 11.5 Å². The smallest absolute Gasteiger partial charge is 0.306 e. The number of aryl methyl sites for hydroxylation is 1. The molecule has 1 fully saturated rings. The Hall–Kier alpha value is -3.06. The van der Waals surface area contributed by atoms with Crippen LogP contribution in [0.1, 0.15) is 176 Å². The first-order valence-electron chi connectivity index (χ1n) is 19.3. The second-order valence-corrected chi connectivity index (χ2v) is 20.9. The first-order chi connectivity index (χ1) is 23.4. The zero-order valence-electron chi connectivity index (χ0n) is 35.4. The predicted octanol–water partition coefficient (Wildman–Crippen LogP) is 10.3. The summed E-state index contributed by atoms with van der Waals surface area (Å²) in [4.78, 5) is 27.9. The van der Waals surface area contributed by atoms with Crippen LogP contribution in [-0.4, -0.2) is 56.4 Å². The molecule has 1 saturated heterocycles. The van der Waals surface area contributed by atoms with Crippen molar-refractivity contribution >= 4 is 11.9 Å². The first-order valence-corrected chi connectivity index (χ1v) is 19.3. The van der Waals surface area contributed by atoms with E-state index >= 15 is 0 Å². The maximum Gasteiger partial charge on any atom is 0.306 e. The van der Waals surface area contributed by atoms with E-state index in [4.69, 9.17) is 4.74 Å². The van der Waals surface area contributed by atoms with Gasteiger partial charge in [-0.05, 0) is 114 Å². The first kappa shape index (κ1) is 43.3. The predicted molar refractivity (Wildman–Crippen MR) is 213 cm³/mol. The number of aromatic hydroxyl groups is 2. The van der Waals surface area contributed by atoms with Crippen molar-refractivity contribution in [1.82, 2.24) is 4.90 Å². The third-order valence-electron chi connectivity index (χ3n) is 11.1. The van der Waals surface area contributed by atoms with Gasteiger partial charge < -0.3 is 20.1 Å². The molecule has 3 rings (SSSR count). The standard InChI is InChI=1S/C45H71NO6/c1-40(2,3)32-21-28(22-33(38(32)50)41(4,5)6)17-18-37(49)52-20-19-46-44(13,14)26-30(27-45(46,15)16)31(25-36(47)48)29-23-34(42(7,8)9)39(51)35(24-29)43(10,11)12/h21-24,30-31,50-51H,17-20,25-27H2,1-16H3,(H,47,48). The summed E-state index contributed by atoms with van der Waals surface area (Å²) in [5, 5.41) is 32.7. The van der Waals surface area contributed by atoms with Crippen LogP contribution in [0, 0.1) is 5.92 Å². The zero-order valence-corrected chi connectivity index (χ0v) is 35.4. The normalized spacial score (nSPS) is 17.9. The van der Waals surface area contributed by atoms with Crippen molar-refractivity contribution in [2.75, 3.05) is 13.2 Å². The number of hydrogen-bond acceptors (Lipinski definition) is 6. The maximum absolute atomic E-state index is 13.1. The highest BCUT2D eigenvalue weighted by atomic mass is 16.5. The number of hydrogen-bond donors (Lipinski definition) is 3. The maximum atomic E-state index is 13.1. The molecule has 1 aliphatic heterocycles. The highest BCUT2D eigenvalue weighted by molar-refractivity contribution is 5.70. The van der Waals surface area contributed by atoms with E-state index in [9.17, 15) is 24.9 Å². The van der Waals surface area contributed by atoms with Gasteiger partial charge in [-0.3, -0.25) is 14.5 Å². The van der Waals surface area contributed by atoms with Gasteiger partial charge in [0.2, 0.25) is 0 Å². The van der Waals surface area contributed by atoms with Crippen LogP contribution in [0.2, 0.25) is 0 Å². The summed E-state index contributed by atoms with van der Waals surface area (Å²) in [7, 11) is 0. The number of rotatable bonds is 10. The number of carbonyl (C=O) groups excluding carboxylic acids is 1. The minimum absolute atomic E-state index is 0.0158. The van der Waals surface area contributed by atoms with Crippen LogP contribution >= 0.6 is 0 Å². The molecule has 1 heterocycles. The Kier molecular flexibility index (Phi) is 12.5. The summed E-state index contributed by atoms with van der Waals surface area (Å²) in [5.74, 6) is -0.569. The Morgan fingerprint density at radius 2 is 1.12 bits per heavy atom. The molecule has 0 aliphatic carbocycles. The highest BCUT2D eigenvalue weighted by Gasteiger charge is 2.48. The molecule has 0 bridgehead atoms. The fraction of sp³-hybridized carbons (Fsp3) is 0.689. The molecule has 0 radical (unpaired) electrons. The minimum Gasteiger partial charge on any atom is -0.507 e. The van der Waals surface area contributed by atoms with Crippen molar-refractivity contribution in [2.24, 2.45) is 5.92 Å². The quantitative estimate of drug-likeness (QED) is 0.210. The van der Waals surface area contributed by atoms with Crippen molar-refractivity contribution in [3.63, 3.8) is 0 Å². The number of esters is 1. The minimum atomic E-state index is -0.825. The fourth-order valence-corrected chi connectivity index (χ4v) is 8.60. The number of carboxylic acid groups (broad SMARTS) is 1. The van der Waals surface area contributed by atoms with Crippen molar-refractivity contribution < 1.29 is 29.6 Å². The topological polar surface area (TPSA) is 107 Å². The number of benzene rings is 2. The molecule has 292 valence electrons. The van der Waals surface area contributed by atoms with E-state index in [1.165, 1.54) is 0 Å². The third kappa shape index (κ3) is 10.3. The van der Waals surface area contributed by atoms with Gasteiger partial charge in [-0.1, -0.05) is 107 Å². The highest BCUT2D eigenvalue weighted by Crippen LogP contribution is 2.50. The number of nitrogens with zero attached hydrogens (tertiary/aromatic N) is 1. The van der Waals surface area contributed by atoms with Crippen LogP contribution in [0.15, 0.2) is 24.3 Å². The van der Waals surface area contributed by atoms with Crippen molar-refractivity contribution in [2.45, 2.75) is 182 Å². The SMILES string of the molecule is CC(C)(C)c1cc(CCC(=O)OCCN2C(C)(C)CC(C(CC(=O)O)c3cc(C(C)(C)C)c(O)c(C(C)(C)C)c3)CC2(C)C)cc(C(C)(C)C)c1O. The number of carboxylic acids is 1. The number of piperidine rings is 1. The fourth-order valence-electron chi connectivity index (χ4n) is 8.60. The summed E-state index contributed by atoms with van der Waals surface area (Å²) < 4.78 is 5.84. The Morgan fingerprint density at radius 3 is 1.48 bits per heavy atom. The van der Waals surface area contributed by atoms with Gasteiger partial charge in [0.15, 0.2) is 0 Å². The summed E-state index contributed by atoms with van der Waals surface area (Å²) in [6, 6.07) is 8.15. The van der Waals surface area contributed by atoms with Gasteiger partial charge in [0.25, 0.3) is 0 Å². The van der Waals surface area contributed by atoms with Gasteiger partial charge >= 0.3 is 11.9 Å². The van der Waals surface area contributed by atoms with Crippen molar-refractivity contribution in [1.29, 1.82) is 0 Å². The van der Waals surface area contributed by atoms with Gasteiger partial charge in [-0.2, -0.15) is 0 Å². The molecule has 1 unspecified atom stereocenters. The molecule has 2 aromatic carbocycles. The lowest BCUT2D eigenvalue weighted by Crippen LogP contribution is -2.62. The van der Waals surface area contributed by atoms with Crippen LogP contribution < -0.4 is 0 Å². The van der Waals surface area contributed by atoms with E-state index in [1.54, 1.807) is 0 Å². The molecule has 7 heteroatoms. The molecule has 0 spiro atoms. The molecule has 2 aromatic rings. The van der Waals surface area contributed by atoms with E-state index < -0.39 is 5.97 Å². The zero-order chi connectivity index (χ0) is 40.0.